The van der Waals surface area contributed by atoms with E-state index in [1.54, 1.807) is 11.8 Å². The first-order chi connectivity index (χ1) is 7.16. The van der Waals surface area contributed by atoms with Crippen LogP contribution in [0, 0.1) is 12.8 Å². The van der Waals surface area contributed by atoms with Gasteiger partial charge in [-0.3, -0.25) is 0 Å². The molecule has 2 nitrogen and oxygen atoms in total. The number of thioether (sulfide) groups is 1. The van der Waals surface area contributed by atoms with E-state index in [9.17, 15) is 0 Å². The summed E-state index contributed by atoms with van der Waals surface area (Å²) in [6, 6.07) is 6.24. The zero-order valence-electron chi connectivity index (χ0n) is 9.37. The zero-order valence-corrected chi connectivity index (χ0v) is 10.2. The summed E-state index contributed by atoms with van der Waals surface area (Å²) in [5.74, 6) is 1.81. The first-order valence-electron chi connectivity index (χ1n) is 5.25. The van der Waals surface area contributed by atoms with Crippen molar-refractivity contribution >= 4 is 22.8 Å². The smallest absolute Gasteiger partial charge is 0.166 e. The minimum absolute atomic E-state index is 0.698. The third kappa shape index (κ3) is 2.34. The summed E-state index contributed by atoms with van der Waals surface area (Å²) in [6.45, 7) is 6.54. The molecule has 0 saturated carbocycles. The summed E-state index contributed by atoms with van der Waals surface area (Å²) >= 11 is 1.80. The Morgan fingerprint density at radius 2 is 2.20 bits per heavy atom. The van der Waals surface area contributed by atoms with Crippen LogP contribution in [0.25, 0.3) is 11.0 Å². The van der Waals surface area contributed by atoms with Crippen LogP contribution in [0.4, 0.5) is 0 Å². The second kappa shape index (κ2) is 4.27. The van der Waals surface area contributed by atoms with Gasteiger partial charge in [0.1, 0.15) is 0 Å². The minimum Gasteiger partial charge on any atom is -0.333 e. The van der Waals surface area contributed by atoms with Crippen molar-refractivity contribution in [3.63, 3.8) is 0 Å². The molecule has 2 rings (SSSR count). The van der Waals surface area contributed by atoms with E-state index in [2.05, 4.69) is 48.9 Å². The minimum atomic E-state index is 0.698. The average molecular weight is 220 g/mol. The number of hydrogen-bond donors (Lipinski definition) is 1. The van der Waals surface area contributed by atoms with Gasteiger partial charge < -0.3 is 4.98 Å². The molecule has 0 spiro atoms. The maximum absolute atomic E-state index is 4.59. The van der Waals surface area contributed by atoms with E-state index in [1.165, 1.54) is 5.56 Å². The molecule has 0 bridgehead atoms. The molecular formula is C12H16N2S. The summed E-state index contributed by atoms with van der Waals surface area (Å²) in [6.07, 6.45) is 0. The number of fused-ring (bicyclic) bond motifs is 1. The van der Waals surface area contributed by atoms with Crippen LogP contribution < -0.4 is 0 Å². The number of H-pyrrole nitrogens is 1. The van der Waals surface area contributed by atoms with Crippen LogP contribution in [0.1, 0.15) is 19.4 Å². The second-order valence-corrected chi connectivity index (χ2v) is 5.23. The fraction of sp³-hybridized carbons (Fsp3) is 0.417. The summed E-state index contributed by atoms with van der Waals surface area (Å²) in [5.41, 5.74) is 3.48. The number of nitrogens with zero attached hydrogens (tertiary/aromatic N) is 1. The number of hydrogen-bond acceptors (Lipinski definition) is 2. The third-order valence-corrected chi connectivity index (χ3v) is 3.55. The number of imidazole rings is 1. The van der Waals surface area contributed by atoms with Gasteiger partial charge in [-0.05, 0) is 24.5 Å². The molecule has 2 aromatic rings. The Hall–Kier alpha value is -0.960. The fourth-order valence-corrected chi connectivity index (χ4v) is 2.30. The average Bonchev–Trinajstić information content (AvgIpc) is 2.59. The van der Waals surface area contributed by atoms with E-state index in [1.807, 2.05) is 0 Å². The molecule has 0 aliphatic carbocycles. The Bertz CT molecular complexity index is 460. The number of aryl methyl sites for hydroxylation is 1. The molecule has 0 amide bonds. The first-order valence-corrected chi connectivity index (χ1v) is 6.23. The van der Waals surface area contributed by atoms with Gasteiger partial charge in [0.15, 0.2) is 5.16 Å². The highest BCUT2D eigenvalue weighted by Crippen LogP contribution is 2.22. The van der Waals surface area contributed by atoms with Gasteiger partial charge in [-0.2, -0.15) is 0 Å². The predicted molar refractivity (Wildman–Crippen MR) is 66.4 cm³/mol. The number of aromatic nitrogens is 2. The summed E-state index contributed by atoms with van der Waals surface area (Å²) < 4.78 is 0. The van der Waals surface area contributed by atoms with Gasteiger partial charge in [-0.1, -0.05) is 37.7 Å². The molecule has 1 heterocycles. The summed E-state index contributed by atoms with van der Waals surface area (Å²) in [5, 5.41) is 1.04. The third-order valence-electron chi connectivity index (χ3n) is 2.25. The van der Waals surface area contributed by atoms with Crippen molar-refractivity contribution in [1.29, 1.82) is 0 Å². The van der Waals surface area contributed by atoms with Gasteiger partial charge in [-0.25, -0.2) is 4.98 Å². The highest BCUT2D eigenvalue weighted by molar-refractivity contribution is 7.99. The Morgan fingerprint density at radius 1 is 1.40 bits per heavy atom. The van der Waals surface area contributed by atoms with Gasteiger partial charge in [0.05, 0.1) is 11.0 Å². The molecule has 3 heteroatoms. The van der Waals surface area contributed by atoms with Crippen molar-refractivity contribution in [2.45, 2.75) is 25.9 Å². The predicted octanol–water partition coefficient (Wildman–Crippen LogP) is 3.62. The second-order valence-electron chi connectivity index (χ2n) is 4.22. The molecule has 0 atom stereocenters. The first kappa shape index (κ1) is 10.6. The molecule has 0 aliphatic heterocycles. The van der Waals surface area contributed by atoms with Gasteiger partial charge in [0, 0.05) is 5.75 Å². The molecule has 0 aliphatic rings. The molecule has 0 saturated heterocycles. The van der Waals surface area contributed by atoms with Crippen LogP contribution in [0.15, 0.2) is 23.4 Å². The standard InChI is InChI=1S/C12H16N2S/c1-8(2)7-15-12-13-10-6-4-5-9(3)11(10)14-12/h4-6,8H,7H2,1-3H3,(H,13,14). The van der Waals surface area contributed by atoms with E-state index >= 15 is 0 Å². The number of rotatable bonds is 3. The largest absolute Gasteiger partial charge is 0.333 e. The number of para-hydroxylation sites is 1. The fourth-order valence-electron chi connectivity index (χ4n) is 1.47. The Labute approximate surface area is 94.5 Å². The molecule has 80 valence electrons. The topological polar surface area (TPSA) is 28.7 Å². The summed E-state index contributed by atoms with van der Waals surface area (Å²) in [7, 11) is 0. The van der Waals surface area contributed by atoms with E-state index in [4.69, 9.17) is 0 Å². The SMILES string of the molecule is Cc1cccc2[nH]c(SCC(C)C)nc12. The van der Waals surface area contributed by atoms with Gasteiger partial charge in [0.25, 0.3) is 0 Å². The highest BCUT2D eigenvalue weighted by atomic mass is 32.2. The van der Waals surface area contributed by atoms with Crippen LogP contribution >= 0.6 is 11.8 Å². The van der Waals surface area contributed by atoms with Crippen molar-refractivity contribution in [3.05, 3.63) is 23.8 Å². The quantitative estimate of drug-likeness (QED) is 0.800. The van der Waals surface area contributed by atoms with E-state index in [0.717, 1.165) is 21.9 Å². The van der Waals surface area contributed by atoms with Crippen LogP contribution in [0.3, 0.4) is 0 Å². The van der Waals surface area contributed by atoms with Crippen LogP contribution in [0.2, 0.25) is 0 Å². The maximum Gasteiger partial charge on any atom is 0.166 e. The molecule has 0 fully saturated rings. The van der Waals surface area contributed by atoms with Crippen molar-refractivity contribution in [3.8, 4) is 0 Å². The monoisotopic (exact) mass is 220 g/mol. The molecule has 1 aromatic heterocycles. The van der Waals surface area contributed by atoms with Crippen molar-refractivity contribution in [2.24, 2.45) is 5.92 Å². The van der Waals surface area contributed by atoms with E-state index in [0.29, 0.717) is 5.92 Å². The Morgan fingerprint density at radius 3 is 2.87 bits per heavy atom. The van der Waals surface area contributed by atoms with Crippen molar-refractivity contribution in [1.82, 2.24) is 9.97 Å². The Balaban J connectivity index is 2.27. The molecule has 15 heavy (non-hydrogen) atoms. The summed E-state index contributed by atoms with van der Waals surface area (Å²) in [4.78, 5) is 7.94. The lowest BCUT2D eigenvalue weighted by atomic mass is 10.2. The lowest BCUT2D eigenvalue weighted by molar-refractivity contribution is 0.748. The molecule has 0 radical (unpaired) electrons. The van der Waals surface area contributed by atoms with Gasteiger partial charge >= 0.3 is 0 Å². The number of aromatic amines is 1. The Kier molecular flexibility index (Phi) is 3.00. The molecule has 1 aromatic carbocycles. The maximum atomic E-state index is 4.59. The number of benzene rings is 1. The van der Waals surface area contributed by atoms with Crippen LogP contribution in [-0.2, 0) is 0 Å². The van der Waals surface area contributed by atoms with Crippen LogP contribution in [0.5, 0.6) is 0 Å². The lowest BCUT2D eigenvalue weighted by Gasteiger charge is -1.99. The number of nitrogens with one attached hydrogen (secondary N) is 1. The zero-order chi connectivity index (χ0) is 10.8. The molecule has 0 unspecified atom stereocenters. The van der Waals surface area contributed by atoms with E-state index in [-0.39, 0.29) is 0 Å². The normalized spacial score (nSPS) is 11.5. The van der Waals surface area contributed by atoms with Crippen molar-refractivity contribution < 1.29 is 0 Å². The van der Waals surface area contributed by atoms with Gasteiger partial charge in [0.2, 0.25) is 0 Å². The van der Waals surface area contributed by atoms with Gasteiger partial charge in [-0.15, -0.1) is 0 Å². The lowest BCUT2D eigenvalue weighted by Crippen LogP contribution is -1.90. The highest BCUT2D eigenvalue weighted by Gasteiger charge is 2.05. The molecular weight excluding hydrogens is 204 g/mol. The molecule has 1 N–H and O–H groups in total. The van der Waals surface area contributed by atoms with E-state index < -0.39 is 0 Å². The van der Waals surface area contributed by atoms with Crippen molar-refractivity contribution in [2.75, 3.05) is 5.75 Å². The van der Waals surface area contributed by atoms with Crippen LogP contribution in [-0.4, -0.2) is 15.7 Å².